The lowest BCUT2D eigenvalue weighted by Crippen LogP contribution is -2.07. The third-order valence-corrected chi connectivity index (χ3v) is 4.62. The summed E-state index contributed by atoms with van der Waals surface area (Å²) >= 11 is 0. The molecule has 2 heterocycles. The first-order chi connectivity index (χ1) is 13.2. The molecule has 4 rings (SSSR count). The largest absolute Gasteiger partial charge is 0.497 e. The van der Waals surface area contributed by atoms with Crippen LogP contribution in [-0.2, 0) is 11.3 Å². The van der Waals surface area contributed by atoms with E-state index < -0.39 is 5.97 Å². The van der Waals surface area contributed by atoms with Gasteiger partial charge in [-0.15, -0.1) is 0 Å². The summed E-state index contributed by atoms with van der Waals surface area (Å²) in [5, 5.41) is 2.08. The van der Waals surface area contributed by atoms with Gasteiger partial charge in [-0.3, -0.25) is 0 Å². The van der Waals surface area contributed by atoms with Crippen LogP contribution in [0.5, 0.6) is 5.75 Å². The van der Waals surface area contributed by atoms with Gasteiger partial charge in [0, 0.05) is 22.8 Å². The summed E-state index contributed by atoms with van der Waals surface area (Å²) < 4.78 is 12.6. The Morgan fingerprint density at radius 1 is 1.04 bits per heavy atom. The third-order valence-electron chi connectivity index (χ3n) is 4.62. The monoisotopic (exact) mass is 360 g/mol. The number of benzene rings is 2. The summed E-state index contributed by atoms with van der Waals surface area (Å²) in [5.41, 5.74) is 3.53. The number of aromatic nitrogens is 2. The molecule has 2 aromatic carbocycles. The molecule has 27 heavy (non-hydrogen) atoms. The fourth-order valence-corrected chi connectivity index (χ4v) is 3.39. The molecule has 0 saturated carbocycles. The topological polar surface area (TPSA) is 53.4 Å². The molecule has 2 aromatic heterocycles. The number of nitrogens with zero attached hydrogens (tertiary/aromatic N) is 2. The van der Waals surface area contributed by atoms with Crippen molar-refractivity contribution in [2.24, 2.45) is 0 Å². The highest BCUT2D eigenvalue weighted by Gasteiger charge is 2.15. The van der Waals surface area contributed by atoms with Crippen molar-refractivity contribution in [3.63, 3.8) is 0 Å². The molecule has 0 aliphatic rings. The minimum absolute atomic E-state index is 0.327. The van der Waals surface area contributed by atoms with E-state index in [9.17, 15) is 4.79 Å². The number of esters is 1. The lowest BCUT2D eigenvalue weighted by Gasteiger charge is -2.09. The Morgan fingerprint density at radius 3 is 2.70 bits per heavy atom. The maximum absolute atomic E-state index is 12.1. The number of carbonyl (C=O) groups excluding carboxylic acids is 1. The van der Waals surface area contributed by atoms with E-state index in [2.05, 4.69) is 27.8 Å². The number of carbonyl (C=O) groups is 1. The molecule has 5 nitrogen and oxygen atoms in total. The van der Waals surface area contributed by atoms with Gasteiger partial charge in [0.05, 0.1) is 25.4 Å². The van der Waals surface area contributed by atoms with Gasteiger partial charge in [-0.05, 0) is 36.8 Å². The molecule has 0 aliphatic carbocycles. The molecule has 0 radical (unpaired) electrons. The molecule has 4 aromatic rings. The van der Waals surface area contributed by atoms with E-state index in [0.717, 1.165) is 33.1 Å². The molecule has 5 heteroatoms. The van der Waals surface area contributed by atoms with Crippen molar-refractivity contribution in [2.75, 3.05) is 13.7 Å². The second-order valence-electron chi connectivity index (χ2n) is 6.26. The zero-order chi connectivity index (χ0) is 18.8. The molecule has 0 amide bonds. The highest BCUT2D eigenvalue weighted by molar-refractivity contribution is 6.09. The number of para-hydroxylation sites is 1. The number of rotatable bonds is 5. The highest BCUT2D eigenvalue weighted by atomic mass is 16.5. The normalized spacial score (nSPS) is 11.0. The Kier molecular flexibility index (Phi) is 4.50. The Balaban J connectivity index is 1.87. The number of ether oxygens (including phenoxy) is 2. The summed E-state index contributed by atoms with van der Waals surface area (Å²) in [4.78, 5) is 16.4. The van der Waals surface area contributed by atoms with Gasteiger partial charge in [-0.2, -0.15) is 0 Å². The third kappa shape index (κ3) is 3.12. The molecule has 0 saturated heterocycles. The van der Waals surface area contributed by atoms with Crippen molar-refractivity contribution in [1.82, 2.24) is 9.55 Å². The van der Waals surface area contributed by atoms with Crippen molar-refractivity contribution >= 4 is 27.8 Å². The Morgan fingerprint density at radius 2 is 1.89 bits per heavy atom. The Labute approximate surface area is 157 Å². The van der Waals surface area contributed by atoms with E-state index in [1.54, 1.807) is 20.2 Å². The quantitative estimate of drug-likeness (QED) is 0.494. The smallest absolute Gasteiger partial charge is 0.356 e. The van der Waals surface area contributed by atoms with Crippen LogP contribution in [0.4, 0.5) is 0 Å². The molecule has 136 valence electrons. The molecule has 0 aliphatic heterocycles. The summed E-state index contributed by atoms with van der Waals surface area (Å²) in [6.07, 6.45) is 1.75. The molecule has 0 fully saturated rings. The maximum Gasteiger partial charge on any atom is 0.356 e. The Hall–Kier alpha value is -3.34. The standard InChI is InChI=1S/C22H20N2O3/c1-3-27-22(25)19-12-18-17-9-4-5-10-20(17)24(21(18)13-23-19)14-15-7-6-8-16(11-15)26-2/h4-13H,3,14H2,1-2H3. The van der Waals surface area contributed by atoms with Crippen LogP contribution >= 0.6 is 0 Å². The summed E-state index contributed by atoms with van der Waals surface area (Å²) in [5.74, 6) is 0.431. The van der Waals surface area contributed by atoms with Gasteiger partial charge in [-0.25, -0.2) is 9.78 Å². The van der Waals surface area contributed by atoms with Crippen LogP contribution in [-0.4, -0.2) is 29.2 Å². The van der Waals surface area contributed by atoms with Crippen LogP contribution in [0, 0.1) is 0 Å². The second-order valence-corrected chi connectivity index (χ2v) is 6.26. The Bertz CT molecular complexity index is 1130. The van der Waals surface area contributed by atoms with Gasteiger partial charge < -0.3 is 14.0 Å². The minimum Gasteiger partial charge on any atom is -0.497 e. The van der Waals surface area contributed by atoms with Crippen LogP contribution in [0.2, 0.25) is 0 Å². The highest BCUT2D eigenvalue weighted by Crippen LogP contribution is 2.30. The first-order valence-corrected chi connectivity index (χ1v) is 8.88. The fourth-order valence-electron chi connectivity index (χ4n) is 3.39. The SMILES string of the molecule is CCOC(=O)c1cc2c3ccccc3n(Cc3cccc(OC)c3)c2cn1. The number of methoxy groups -OCH3 is 1. The van der Waals surface area contributed by atoms with E-state index in [-0.39, 0.29) is 0 Å². The van der Waals surface area contributed by atoms with Gasteiger partial charge in [-0.1, -0.05) is 30.3 Å². The van der Waals surface area contributed by atoms with Crippen LogP contribution in [0.15, 0.2) is 60.8 Å². The van der Waals surface area contributed by atoms with E-state index >= 15 is 0 Å². The molecular formula is C22H20N2O3. The average Bonchev–Trinajstić information content (AvgIpc) is 3.02. The van der Waals surface area contributed by atoms with Crippen molar-refractivity contribution in [1.29, 1.82) is 0 Å². The minimum atomic E-state index is -0.399. The van der Waals surface area contributed by atoms with E-state index in [4.69, 9.17) is 9.47 Å². The van der Waals surface area contributed by atoms with Crippen molar-refractivity contribution < 1.29 is 14.3 Å². The molecule has 0 N–H and O–H groups in total. The van der Waals surface area contributed by atoms with E-state index in [1.807, 2.05) is 36.4 Å². The lowest BCUT2D eigenvalue weighted by atomic mass is 10.1. The van der Waals surface area contributed by atoms with Gasteiger partial charge in [0.1, 0.15) is 11.4 Å². The number of pyridine rings is 1. The van der Waals surface area contributed by atoms with Crippen LogP contribution in [0.25, 0.3) is 21.8 Å². The molecule has 0 bridgehead atoms. The van der Waals surface area contributed by atoms with E-state index in [1.165, 1.54) is 0 Å². The fraction of sp³-hybridized carbons (Fsp3) is 0.182. The predicted octanol–water partition coefficient (Wildman–Crippen LogP) is 4.42. The number of hydrogen-bond donors (Lipinski definition) is 0. The van der Waals surface area contributed by atoms with Crippen molar-refractivity contribution in [2.45, 2.75) is 13.5 Å². The summed E-state index contributed by atoms with van der Waals surface area (Å²) in [6.45, 7) is 2.80. The lowest BCUT2D eigenvalue weighted by molar-refractivity contribution is 0.0519. The van der Waals surface area contributed by atoms with Crippen LogP contribution < -0.4 is 4.74 Å². The average molecular weight is 360 g/mol. The number of hydrogen-bond acceptors (Lipinski definition) is 4. The van der Waals surface area contributed by atoms with Gasteiger partial charge in [0.2, 0.25) is 0 Å². The molecular weight excluding hydrogens is 340 g/mol. The number of fused-ring (bicyclic) bond motifs is 3. The van der Waals surface area contributed by atoms with E-state index in [0.29, 0.717) is 18.8 Å². The van der Waals surface area contributed by atoms with Gasteiger partial charge in [0.15, 0.2) is 0 Å². The van der Waals surface area contributed by atoms with Crippen molar-refractivity contribution in [3.05, 3.63) is 72.1 Å². The molecule has 0 unspecified atom stereocenters. The molecule has 0 spiro atoms. The maximum atomic E-state index is 12.1. The first-order valence-electron chi connectivity index (χ1n) is 8.88. The first kappa shape index (κ1) is 17.1. The predicted molar refractivity (Wildman–Crippen MR) is 105 cm³/mol. The van der Waals surface area contributed by atoms with Crippen LogP contribution in [0.1, 0.15) is 23.0 Å². The zero-order valence-corrected chi connectivity index (χ0v) is 15.3. The van der Waals surface area contributed by atoms with Crippen molar-refractivity contribution in [3.8, 4) is 5.75 Å². The van der Waals surface area contributed by atoms with Crippen LogP contribution in [0.3, 0.4) is 0 Å². The van der Waals surface area contributed by atoms with Gasteiger partial charge >= 0.3 is 5.97 Å². The molecule has 0 atom stereocenters. The second kappa shape index (κ2) is 7.11. The summed E-state index contributed by atoms with van der Waals surface area (Å²) in [7, 11) is 1.67. The zero-order valence-electron chi connectivity index (χ0n) is 15.3. The van der Waals surface area contributed by atoms with Gasteiger partial charge in [0.25, 0.3) is 0 Å². The summed E-state index contributed by atoms with van der Waals surface area (Å²) in [6, 6.07) is 18.0.